The number of allylic oxidation sites excluding steroid dienone is 2. The molecule has 0 heteroatoms. The Balaban J connectivity index is 2.18. The van der Waals surface area contributed by atoms with Crippen LogP contribution in [0.5, 0.6) is 0 Å². The second-order valence-electron chi connectivity index (χ2n) is 4.12. The van der Waals surface area contributed by atoms with Crippen LogP contribution in [0.15, 0.2) is 36.4 Å². The molecule has 1 aromatic rings. The van der Waals surface area contributed by atoms with E-state index in [-0.39, 0.29) is 0 Å². The van der Waals surface area contributed by atoms with Gasteiger partial charge in [-0.3, -0.25) is 0 Å². The lowest BCUT2D eigenvalue weighted by Gasteiger charge is -2.09. The van der Waals surface area contributed by atoms with Crippen LogP contribution in [0.4, 0.5) is 0 Å². The van der Waals surface area contributed by atoms with Crippen molar-refractivity contribution in [1.29, 1.82) is 0 Å². The third-order valence-electron chi connectivity index (χ3n) is 2.80. The van der Waals surface area contributed by atoms with Crippen molar-refractivity contribution >= 4 is 0 Å². The van der Waals surface area contributed by atoms with Gasteiger partial charge in [0.2, 0.25) is 0 Å². The summed E-state index contributed by atoms with van der Waals surface area (Å²) in [6.07, 6.45) is 5.95. The van der Waals surface area contributed by atoms with Gasteiger partial charge in [-0.2, -0.15) is 0 Å². The number of hydrogen-bond donors (Lipinski definition) is 0. The van der Waals surface area contributed by atoms with Crippen LogP contribution in [0.3, 0.4) is 0 Å². The highest BCUT2D eigenvalue weighted by Gasteiger charge is 2.16. The smallest absolute Gasteiger partial charge is 0.00235 e. The minimum Gasteiger partial charge on any atom is -0.0850 e. The molecule has 0 heterocycles. The lowest BCUT2D eigenvalue weighted by molar-refractivity contribution is 0.647. The van der Waals surface area contributed by atoms with Crippen molar-refractivity contribution in [3.63, 3.8) is 0 Å². The zero-order valence-corrected chi connectivity index (χ0v) is 8.33. The summed E-state index contributed by atoms with van der Waals surface area (Å²) in [4.78, 5) is 0. The fraction of sp³-hybridized carbons (Fsp3) is 0.385. The molecule has 13 heavy (non-hydrogen) atoms. The molecule has 0 bridgehead atoms. The molecule has 0 amide bonds. The van der Waals surface area contributed by atoms with Crippen molar-refractivity contribution in [3.8, 4) is 0 Å². The van der Waals surface area contributed by atoms with E-state index >= 15 is 0 Å². The summed E-state index contributed by atoms with van der Waals surface area (Å²) >= 11 is 0. The van der Waals surface area contributed by atoms with Crippen LogP contribution >= 0.6 is 0 Å². The molecule has 0 radical (unpaired) electrons. The van der Waals surface area contributed by atoms with E-state index in [0.29, 0.717) is 5.92 Å². The summed E-state index contributed by atoms with van der Waals surface area (Å²) < 4.78 is 0. The van der Waals surface area contributed by atoms with E-state index in [1.54, 1.807) is 0 Å². The van der Waals surface area contributed by atoms with E-state index in [1.165, 1.54) is 17.5 Å². The summed E-state index contributed by atoms with van der Waals surface area (Å²) in [7, 11) is 0. The topological polar surface area (TPSA) is 0 Å². The Morgan fingerprint density at radius 3 is 2.31 bits per heavy atom. The Morgan fingerprint density at radius 2 is 1.77 bits per heavy atom. The second kappa shape index (κ2) is 3.37. The van der Waals surface area contributed by atoms with Crippen molar-refractivity contribution in [1.82, 2.24) is 0 Å². The van der Waals surface area contributed by atoms with E-state index in [0.717, 1.165) is 5.92 Å². The first-order chi connectivity index (χ1) is 6.25. The largest absolute Gasteiger partial charge is 0.0850 e. The summed E-state index contributed by atoms with van der Waals surface area (Å²) in [5.74, 6) is 1.42. The highest BCUT2D eigenvalue weighted by Crippen LogP contribution is 2.31. The van der Waals surface area contributed by atoms with Crippen molar-refractivity contribution in [2.75, 3.05) is 0 Å². The van der Waals surface area contributed by atoms with Crippen molar-refractivity contribution in [2.24, 2.45) is 5.92 Å². The molecule has 0 spiro atoms. The molecule has 2 atom stereocenters. The molecule has 1 aliphatic rings. The molecular weight excluding hydrogens is 156 g/mol. The highest BCUT2D eigenvalue weighted by molar-refractivity contribution is 5.29. The number of benzene rings is 1. The molecule has 0 nitrogen and oxygen atoms in total. The lowest BCUT2D eigenvalue weighted by atomic mass is 9.96. The number of hydrogen-bond acceptors (Lipinski definition) is 0. The summed E-state index contributed by atoms with van der Waals surface area (Å²) in [6.45, 7) is 4.42. The van der Waals surface area contributed by atoms with Gasteiger partial charge in [0.1, 0.15) is 0 Å². The molecule has 1 aromatic carbocycles. The third kappa shape index (κ3) is 1.82. The van der Waals surface area contributed by atoms with Crippen molar-refractivity contribution in [3.05, 3.63) is 47.5 Å². The first-order valence-corrected chi connectivity index (χ1v) is 5.00. The molecule has 0 aliphatic heterocycles. The van der Waals surface area contributed by atoms with E-state index < -0.39 is 0 Å². The first-order valence-electron chi connectivity index (χ1n) is 5.00. The molecule has 1 aliphatic carbocycles. The standard InChI is InChI=1S/C13H16/c1-10-3-6-12(7-4-10)13-8-5-11(2)9-13/h3-8,11,13H,9H2,1-2H3. The maximum absolute atomic E-state index is 2.34. The highest BCUT2D eigenvalue weighted by atomic mass is 14.2. The summed E-state index contributed by atoms with van der Waals surface area (Å²) in [6, 6.07) is 8.91. The maximum Gasteiger partial charge on any atom is 0.00235 e. The maximum atomic E-state index is 2.34. The monoisotopic (exact) mass is 172 g/mol. The third-order valence-corrected chi connectivity index (χ3v) is 2.80. The molecule has 2 unspecified atom stereocenters. The summed E-state index contributed by atoms with van der Waals surface area (Å²) in [5, 5.41) is 0. The van der Waals surface area contributed by atoms with Crippen LogP contribution < -0.4 is 0 Å². The Bertz CT molecular complexity index is 305. The van der Waals surface area contributed by atoms with Gasteiger partial charge in [0.15, 0.2) is 0 Å². The second-order valence-corrected chi connectivity index (χ2v) is 4.12. The van der Waals surface area contributed by atoms with Crippen LogP contribution in [-0.4, -0.2) is 0 Å². The van der Waals surface area contributed by atoms with Crippen LogP contribution in [0, 0.1) is 12.8 Å². The van der Waals surface area contributed by atoms with E-state index in [1.807, 2.05) is 0 Å². The average molecular weight is 172 g/mol. The van der Waals surface area contributed by atoms with Gasteiger partial charge in [0, 0.05) is 5.92 Å². The van der Waals surface area contributed by atoms with Gasteiger partial charge in [0.05, 0.1) is 0 Å². The number of aryl methyl sites for hydroxylation is 1. The predicted octanol–water partition coefficient (Wildman–Crippen LogP) is 3.67. The molecule has 0 saturated carbocycles. The van der Waals surface area contributed by atoms with Gasteiger partial charge in [-0.1, -0.05) is 48.9 Å². The quantitative estimate of drug-likeness (QED) is 0.567. The molecule has 0 saturated heterocycles. The molecule has 2 rings (SSSR count). The Hall–Kier alpha value is -1.04. The normalized spacial score (nSPS) is 26.6. The van der Waals surface area contributed by atoms with Crippen LogP contribution in [0.2, 0.25) is 0 Å². The van der Waals surface area contributed by atoms with Gasteiger partial charge in [-0.05, 0) is 24.8 Å². The molecular formula is C13H16. The first kappa shape index (κ1) is 8.55. The fourth-order valence-corrected chi connectivity index (χ4v) is 1.94. The van der Waals surface area contributed by atoms with Gasteiger partial charge < -0.3 is 0 Å². The Kier molecular flexibility index (Phi) is 2.22. The van der Waals surface area contributed by atoms with E-state index in [2.05, 4.69) is 50.3 Å². The Morgan fingerprint density at radius 1 is 1.08 bits per heavy atom. The van der Waals surface area contributed by atoms with Crippen LogP contribution in [-0.2, 0) is 0 Å². The van der Waals surface area contributed by atoms with Gasteiger partial charge >= 0.3 is 0 Å². The van der Waals surface area contributed by atoms with Gasteiger partial charge in [-0.15, -0.1) is 0 Å². The molecule has 0 fully saturated rings. The molecule has 0 aromatic heterocycles. The minimum absolute atomic E-state index is 0.663. The van der Waals surface area contributed by atoms with E-state index in [9.17, 15) is 0 Å². The van der Waals surface area contributed by atoms with E-state index in [4.69, 9.17) is 0 Å². The molecule has 0 N–H and O–H groups in total. The zero-order valence-electron chi connectivity index (χ0n) is 8.33. The predicted molar refractivity (Wildman–Crippen MR) is 56.8 cm³/mol. The SMILES string of the molecule is Cc1ccc(C2C=CC(C)C2)cc1. The Labute approximate surface area is 80.3 Å². The minimum atomic E-state index is 0.663. The van der Waals surface area contributed by atoms with Crippen LogP contribution in [0.25, 0.3) is 0 Å². The lowest BCUT2D eigenvalue weighted by Crippen LogP contribution is -1.93. The zero-order chi connectivity index (χ0) is 9.26. The van der Waals surface area contributed by atoms with Crippen molar-refractivity contribution in [2.45, 2.75) is 26.2 Å². The van der Waals surface area contributed by atoms with Crippen molar-refractivity contribution < 1.29 is 0 Å². The van der Waals surface area contributed by atoms with Gasteiger partial charge in [-0.25, -0.2) is 0 Å². The molecule has 68 valence electrons. The summed E-state index contributed by atoms with van der Waals surface area (Å²) in [5.41, 5.74) is 2.81. The van der Waals surface area contributed by atoms with Gasteiger partial charge in [0.25, 0.3) is 0 Å². The van der Waals surface area contributed by atoms with Crippen LogP contribution in [0.1, 0.15) is 30.4 Å². The number of rotatable bonds is 1. The fourth-order valence-electron chi connectivity index (χ4n) is 1.94. The average Bonchev–Trinajstić information content (AvgIpc) is 2.53.